The van der Waals surface area contributed by atoms with Crippen LogP contribution in [0.3, 0.4) is 0 Å². The van der Waals surface area contributed by atoms with Gasteiger partial charge in [-0.1, -0.05) is 37.8 Å². The number of esters is 1. The third kappa shape index (κ3) is 3.48. The Labute approximate surface area is 115 Å². The average Bonchev–Trinajstić information content (AvgIpc) is 2.99. The standard InChI is InChI=1S/C15H25NO3/c1-3-4-5-6-7-8-13-12-9-11(15(17)18-2)10-14(12)19-16-13/h11-12,14H,3-10H2,1-2H3. The van der Waals surface area contributed by atoms with Crippen LogP contribution in [0.2, 0.25) is 0 Å². The first-order valence-electron chi connectivity index (χ1n) is 7.56. The van der Waals surface area contributed by atoms with Gasteiger partial charge < -0.3 is 9.57 Å². The van der Waals surface area contributed by atoms with Crippen molar-refractivity contribution in [3.63, 3.8) is 0 Å². The molecule has 4 nitrogen and oxygen atoms in total. The third-order valence-corrected chi connectivity index (χ3v) is 4.31. The molecule has 0 spiro atoms. The largest absolute Gasteiger partial charge is 0.469 e. The molecule has 0 aromatic heterocycles. The van der Waals surface area contributed by atoms with E-state index in [1.54, 1.807) is 0 Å². The van der Waals surface area contributed by atoms with Crippen molar-refractivity contribution < 1.29 is 14.4 Å². The number of oxime groups is 1. The van der Waals surface area contributed by atoms with Crippen molar-refractivity contribution in [1.82, 2.24) is 0 Å². The second-order valence-corrected chi connectivity index (χ2v) is 5.69. The smallest absolute Gasteiger partial charge is 0.308 e. The molecule has 2 aliphatic rings. The summed E-state index contributed by atoms with van der Waals surface area (Å²) in [5.41, 5.74) is 1.17. The van der Waals surface area contributed by atoms with Gasteiger partial charge in [0.25, 0.3) is 0 Å². The Balaban J connectivity index is 1.74. The van der Waals surface area contributed by atoms with Gasteiger partial charge in [0.05, 0.1) is 18.7 Å². The van der Waals surface area contributed by atoms with Crippen molar-refractivity contribution >= 4 is 11.7 Å². The van der Waals surface area contributed by atoms with Gasteiger partial charge in [0.1, 0.15) is 6.10 Å². The fourth-order valence-corrected chi connectivity index (χ4v) is 3.17. The van der Waals surface area contributed by atoms with E-state index in [9.17, 15) is 4.79 Å². The molecular formula is C15H25NO3. The zero-order valence-corrected chi connectivity index (χ0v) is 12.1. The number of hydrogen-bond donors (Lipinski definition) is 0. The van der Waals surface area contributed by atoms with Crippen molar-refractivity contribution in [2.75, 3.05) is 7.11 Å². The Hall–Kier alpha value is -1.06. The van der Waals surface area contributed by atoms with Gasteiger partial charge in [-0.05, 0) is 19.3 Å². The Kier molecular flexibility index (Phi) is 5.23. The number of nitrogens with zero attached hydrogens (tertiary/aromatic N) is 1. The minimum atomic E-state index is -0.0969. The fraction of sp³-hybridized carbons (Fsp3) is 0.867. The summed E-state index contributed by atoms with van der Waals surface area (Å²) in [5.74, 6) is 0.265. The highest BCUT2D eigenvalue weighted by Gasteiger charge is 2.45. The first kappa shape index (κ1) is 14.4. The molecule has 1 heterocycles. The summed E-state index contributed by atoms with van der Waals surface area (Å²) in [7, 11) is 1.46. The van der Waals surface area contributed by atoms with Gasteiger partial charge in [0.2, 0.25) is 0 Å². The zero-order valence-electron chi connectivity index (χ0n) is 12.1. The van der Waals surface area contributed by atoms with E-state index < -0.39 is 0 Å². The first-order valence-corrected chi connectivity index (χ1v) is 7.56. The van der Waals surface area contributed by atoms with Crippen molar-refractivity contribution in [3.05, 3.63) is 0 Å². The SMILES string of the molecule is CCCCCCCC1=NOC2CC(C(=O)OC)CC12. The predicted octanol–water partition coefficient (Wildman–Crippen LogP) is 3.30. The highest BCUT2D eigenvalue weighted by molar-refractivity contribution is 5.89. The molecule has 1 aliphatic heterocycles. The maximum absolute atomic E-state index is 11.6. The third-order valence-electron chi connectivity index (χ3n) is 4.31. The lowest BCUT2D eigenvalue weighted by atomic mass is 9.95. The van der Waals surface area contributed by atoms with Crippen LogP contribution in [0.25, 0.3) is 0 Å². The number of hydrogen-bond acceptors (Lipinski definition) is 4. The number of carbonyl (C=O) groups excluding carboxylic acids is 1. The van der Waals surface area contributed by atoms with E-state index in [1.807, 2.05) is 0 Å². The van der Waals surface area contributed by atoms with Crippen molar-refractivity contribution in [2.24, 2.45) is 17.0 Å². The van der Waals surface area contributed by atoms with Crippen LogP contribution < -0.4 is 0 Å². The molecule has 1 saturated carbocycles. The number of ether oxygens (including phenoxy) is 1. The molecule has 19 heavy (non-hydrogen) atoms. The molecule has 1 fully saturated rings. The van der Waals surface area contributed by atoms with Crippen LogP contribution in [0.15, 0.2) is 5.16 Å². The average molecular weight is 267 g/mol. The molecule has 0 amide bonds. The molecule has 0 N–H and O–H groups in total. The molecule has 0 aromatic rings. The van der Waals surface area contributed by atoms with Crippen molar-refractivity contribution in [2.45, 2.75) is 64.4 Å². The molecular weight excluding hydrogens is 242 g/mol. The van der Waals surface area contributed by atoms with Gasteiger partial charge in [0, 0.05) is 12.3 Å². The van der Waals surface area contributed by atoms with E-state index in [1.165, 1.54) is 44.9 Å². The van der Waals surface area contributed by atoms with Crippen molar-refractivity contribution in [3.8, 4) is 0 Å². The monoisotopic (exact) mass is 267 g/mol. The topological polar surface area (TPSA) is 47.9 Å². The highest BCUT2D eigenvalue weighted by atomic mass is 16.6. The lowest BCUT2D eigenvalue weighted by Crippen LogP contribution is -2.16. The number of unbranched alkanes of at least 4 members (excludes halogenated alkanes) is 4. The van der Waals surface area contributed by atoms with Crippen LogP contribution in [0.4, 0.5) is 0 Å². The van der Waals surface area contributed by atoms with Crippen LogP contribution >= 0.6 is 0 Å². The Morgan fingerprint density at radius 1 is 1.32 bits per heavy atom. The normalized spacial score (nSPS) is 28.7. The van der Waals surface area contributed by atoms with Gasteiger partial charge in [-0.25, -0.2) is 0 Å². The summed E-state index contributed by atoms with van der Waals surface area (Å²) in [4.78, 5) is 17.0. The summed E-state index contributed by atoms with van der Waals surface area (Å²) >= 11 is 0. The zero-order chi connectivity index (χ0) is 13.7. The second-order valence-electron chi connectivity index (χ2n) is 5.69. The summed E-state index contributed by atoms with van der Waals surface area (Å²) in [5, 5.41) is 4.22. The molecule has 2 rings (SSSR count). The molecule has 108 valence electrons. The van der Waals surface area contributed by atoms with Crippen LogP contribution in [0.1, 0.15) is 58.3 Å². The minimum Gasteiger partial charge on any atom is -0.469 e. The maximum Gasteiger partial charge on any atom is 0.308 e. The van der Waals surface area contributed by atoms with Crippen LogP contribution in [0.5, 0.6) is 0 Å². The van der Waals surface area contributed by atoms with Gasteiger partial charge in [-0.2, -0.15) is 0 Å². The van der Waals surface area contributed by atoms with Gasteiger partial charge >= 0.3 is 5.97 Å². The summed E-state index contributed by atoms with van der Waals surface area (Å²) in [6.45, 7) is 2.23. The predicted molar refractivity (Wildman–Crippen MR) is 73.9 cm³/mol. The lowest BCUT2D eigenvalue weighted by molar-refractivity contribution is -0.145. The molecule has 3 unspecified atom stereocenters. The minimum absolute atomic E-state index is 0.00518. The van der Waals surface area contributed by atoms with Crippen LogP contribution in [0, 0.1) is 11.8 Å². The van der Waals surface area contributed by atoms with Crippen LogP contribution in [-0.2, 0) is 14.4 Å². The highest BCUT2D eigenvalue weighted by Crippen LogP contribution is 2.39. The summed E-state index contributed by atoms with van der Waals surface area (Å²) < 4.78 is 4.83. The molecule has 0 bridgehead atoms. The number of carbonyl (C=O) groups is 1. The maximum atomic E-state index is 11.6. The second kappa shape index (κ2) is 6.92. The van der Waals surface area contributed by atoms with E-state index in [0.29, 0.717) is 5.92 Å². The number of methoxy groups -OCH3 is 1. The van der Waals surface area contributed by atoms with E-state index in [-0.39, 0.29) is 18.0 Å². The number of rotatable bonds is 7. The Morgan fingerprint density at radius 2 is 2.11 bits per heavy atom. The van der Waals surface area contributed by atoms with Gasteiger partial charge in [0.15, 0.2) is 0 Å². The van der Waals surface area contributed by atoms with E-state index in [0.717, 1.165) is 19.3 Å². The van der Waals surface area contributed by atoms with Crippen molar-refractivity contribution in [1.29, 1.82) is 0 Å². The van der Waals surface area contributed by atoms with E-state index in [2.05, 4.69) is 12.1 Å². The molecule has 1 aliphatic carbocycles. The Morgan fingerprint density at radius 3 is 2.84 bits per heavy atom. The van der Waals surface area contributed by atoms with Gasteiger partial charge in [-0.15, -0.1) is 0 Å². The van der Waals surface area contributed by atoms with Crippen LogP contribution in [-0.4, -0.2) is 24.9 Å². The van der Waals surface area contributed by atoms with E-state index in [4.69, 9.17) is 9.57 Å². The molecule has 0 saturated heterocycles. The first-order chi connectivity index (χ1) is 9.26. The molecule has 4 heteroatoms. The quantitative estimate of drug-likeness (QED) is 0.525. The Bertz CT molecular complexity index is 340. The van der Waals surface area contributed by atoms with Gasteiger partial charge in [-0.3, -0.25) is 4.79 Å². The fourth-order valence-electron chi connectivity index (χ4n) is 3.17. The molecule has 3 atom stereocenters. The van der Waals surface area contributed by atoms with E-state index >= 15 is 0 Å². The lowest BCUT2D eigenvalue weighted by Gasteiger charge is -2.09. The number of fused-ring (bicyclic) bond motifs is 1. The molecule has 0 radical (unpaired) electrons. The summed E-state index contributed by atoms with van der Waals surface area (Å²) in [6, 6.07) is 0. The summed E-state index contributed by atoms with van der Waals surface area (Å²) in [6.07, 6.45) is 9.12. The molecule has 0 aromatic carbocycles.